The van der Waals surface area contributed by atoms with E-state index in [0.717, 1.165) is 37.7 Å². The lowest BCUT2D eigenvalue weighted by Gasteiger charge is -2.16. The molecule has 1 saturated heterocycles. The van der Waals surface area contributed by atoms with Crippen LogP contribution in [0.2, 0.25) is 0 Å². The first-order valence-electron chi connectivity index (χ1n) is 10.0. The summed E-state index contributed by atoms with van der Waals surface area (Å²) in [6, 6.07) is 9.82. The number of rotatable bonds is 6. The SMILES string of the molecule is CC.Fc1ccc(CN2CC[C@H](OCc3n[nH]nc3-c3ccc(F)cc3F)C2)cc1. The van der Waals surface area contributed by atoms with Crippen molar-refractivity contribution in [2.75, 3.05) is 13.1 Å². The van der Waals surface area contributed by atoms with Crippen LogP contribution < -0.4 is 0 Å². The summed E-state index contributed by atoms with van der Waals surface area (Å²) in [6.07, 6.45) is 0.877. The minimum atomic E-state index is -0.693. The van der Waals surface area contributed by atoms with Crippen LogP contribution in [0.4, 0.5) is 13.2 Å². The van der Waals surface area contributed by atoms with Gasteiger partial charge in [0.1, 0.15) is 28.8 Å². The molecule has 5 nitrogen and oxygen atoms in total. The first-order chi connectivity index (χ1) is 14.6. The molecule has 30 heavy (non-hydrogen) atoms. The zero-order chi connectivity index (χ0) is 21.5. The van der Waals surface area contributed by atoms with Crippen molar-refractivity contribution < 1.29 is 17.9 Å². The van der Waals surface area contributed by atoms with Gasteiger partial charge in [0.05, 0.1) is 12.7 Å². The summed E-state index contributed by atoms with van der Waals surface area (Å²) < 4.78 is 46.1. The van der Waals surface area contributed by atoms with Crippen LogP contribution in [-0.4, -0.2) is 39.5 Å². The van der Waals surface area contributed by atoms with Crippen molar-refractivity contribution >= 4 is 0 Å². The van der Waals surface area contributed by atoms with Gasteiger partial charge in [-0.3, -0.25) is 4.90 Å². The third-order valence-electron chi connectivity index (χ3n) is 4.81. The molecule has 2 aromatic carbocycles. The molecule has 1 aliphatic rings. The van der Waals surface area contributed by atoms with Gasteiger partial charge in [-0.05, 0) is 36.2 Å². The average Bonchev–Trinajstić information content (AvgIpc) is 3.39. The predicted molar refractivity (Wildman–Crippen MR) is 108 cm³/mol. The Labute approximate surface area is 173 Å². The maximum Gasteiger partial charge on any atom is 0.135 e. The van der Waals surface area contributed by atoms with E-state index in [2.05, 4.69) is 20.3 Å². The zero-order valence-corrected chi connectivity index (χ0v) is 17.0. The second kappa shape index (κ2) is 10.4. The summed E-state index contributed by atoms with van der Waals surface area (Å²) in [5, 5.41) is 10.5. The number of ether oxygens (including phenoxy) is 1. The second-order valence-corrected chi connectivity index (χ2v) is 6.83. The van der Waals surface area contributed by atoms with Crippen molar-refractivity contribution in [3.05, 3.63) is 71.2 Å². The number of likely N-dealkylation sites (tertiary alicyclic amines) is 1. The maximum absolute atomic E-state index is 14.0. The van der Waals surface area contributed by atoms with Gasteiger partial charge in [0, 0.05) is 31.3 Å². The van der Waals surface area contributed by atoms with E-state index in [-0.39, 0.29) is 24.1 Å². The van der Waals surface area contributed by atoms with Gasteiger partial charge in [0.25, 0.3) is 0 Å². The largest absolute Gasteiger partial charge is 0.370 e. The summed E-state index contributed by atoms with van der Waals surface area (Å²) in [5.74, 6) is -1.58. The number of nitrogens with one attached hydrogen (secondary N) is 1. The van der Waals surface area contributed by atoms with Crippen molar-refractivity contribution in [3.8, 4) is 11.3 Å². The molecule has 0 spiro atoms. The molecule has 0 unspecified atom stereocenters. The lowest BCUT2D eigenvalue weighted by atomic mass is 10.1. The van der Waals surface area contributed by atoms with E-state index < -0.39 is 11.6 Å². The zero-order valence-electron chi connectivity index (χ0n) is 17.0. The monoisotopic (exact) mass is 418 g/mol. The lowest BCUT2D eigenvalue weighted by Crippen LogP contribution is -2.23. The third kappa shape index (κ3) is 5.46. The topological polar surface area (TPSA) is 54.0 Å². The van der Waals surface area contributed by atoms with E-state index in [4.69, 9.17) is 4.74 Å². The number of hydrogen-bond acceptors (Lipinski definition) is 4. The quantitative estimate of drug-likeness (QED) is 0.630. The molecule has 1 aliphatic heterocycles. The fraction of sp³-hybridized carbons (Fsp3) is 0.364. The van der Waals surface area contributed by atoms with Crippen molar-refractivity contribution in [2.24, 2.45) is 0 Å². The summed E-state index contributed by atoms with van der Waals surface area (Å²) >= 11 is 0. The molecule has 0 radical (unpaired) electrons. The number of benzene rings is 2. The molecule has 8 heteroatoms. The van der Waals surface area contributed by atoms with Crippen LogP contribution in [0, 0.1) is 17.5 Å². The van der Waals surface area contributed by atoms with Crippen LogP contribution in [0.25, 0.3) is 11.3 Å². The van der Waals surface area contributed by atoms with E-state index in [0.29, 0.717) is 11.4 Å². The Morgan fingerprint density at radius 2 is 1.77 bits per heavy atom. The van der Waals surface area contributed by atoms with E-state index in [9.17, 15) is 13.2 Å². The van der Waals surface area contributed by atoms with Crippen molar-refractivity contribution in [2.45, 2.75) is 39.5 Å². The van der Waals surface area contributed by atoms with Gasteiger partial charge in [-0.15, -0.1) is 0 Å². The molecule has 0 bridgehead atoms. The number of H-pyrrole nitrogens is 1. The Morgan fingerprint density at radius 3 is 2.50 bits per heavy atom. The number of hydrogen-bond donors (Lipinski definition) is 1. The highest BCUT2D eigenvalue weighted by atomic mass is 19.1. The van der Waals surface area contributed by atoms with Crippen molar-refractivity contribution in [3.63, 3.8) is 0 Å². The van der Waals surface area contributed by atoms with Gasteiger partial charge >= 0.3 is 0 Å². The van der Waals surface area contributed by atoms with Gasteiger partial charge in [0.15, 0.2) is 0 Å². The van der Waals surface area contributed by atoms with Gasteiger partial charge < -0.3 is 4.74 Å². The Hall–Kier alpha value is -2.71. The van der Waals surface area contributed by atoms with E-state index in [1.165, 1.54) is 24.3 Å². The molecule has 1 fully saturated rings. The summed E-state index contributed by atoms with van der Waals surface area (Å²) in [5.41, 5.74) is 2.02. The average molecular weight is 418 g/mol. The number of aromatic nitrogens is 3. The van der Waals surface area contributed by atoms with Crippen LogP contribution in [0.15, 0.2) is 42.5 Å². The molecule has 0 aliphatic carbocycles. The Kier molecular flexibility index (Phi) is 7.59. The van der Waals surface area contributed by atoms with E-state index >= 15 is 0 Å². The summed E-state index contributed by atoms with van der Waals surface area (Å²) in [4.78, 5) is 2.24. The highest BCUT2D eigenvalue weighted by Gasteiger charge is 2.24. The standard InChI is InChI=1S/C20H19F3N4O.C2H6/c21-14-3-1-13(2-4-14)10-27-8-7-16(11-27)28-12-19-20(25-26-24-19)17-6-5-15(22)9-18(17)23;1-2/h1-6,9,16H,7-8,10-12H2,(H,24,25,26);1-2H3/t16-;/m0./s1. The molecule has 160 valence electrons. The molecule has 0 saturated carbocycles. The molecule has 1 N–H and O–H groups in total. The molecule has 1 atom stereocenters. The molecule has 1 aromatic heterocycles. The highest BCUT2D eigenvalue weighted by Crippen LogP contribution is 2.25. The summed E-state index contributed by atoms with van der Waals surface area (Å²) in [6.45, 7) is 6.53. The van der Waals surface area contributed by atoms with Gasteiger partial charge in [-0.1, -0.05) is 26.0 Å². The lowest BCUT2D eigenvalue weighted by molar-refractivity contribution is 0.0445. The number of halogens is 3. The van der Waals surface area contributed by atoms with Crippen LogP contribution in [-0.2, 0) is 17.9 Å². The van der Waals surface area contributed by atoms with Crippen LogP contribution in [0.5, 0.6) is 0 Å². The number of aromatic amines is 1. The second-order valence-electron chi connectivity index (χ2n) is 6.83. The van der Waals surface area contributed by atoms with E-state index in [1.54, 1.807) is 12.1 Å². The normalized spacial score (nSPS) is 16.4. The fourth-order valence-electron chi connectivity index (χ4n) is 3.37. The van der Waals surface area contributed by atoms with Crippen LogP contribution in [0.1, 0.15) is 31.5 Å². The minimum Gasteiger partial charge on any atom is -0.370 e. The van der Waals surface area contributed by atoms with Gasteiger partial charge in [-0.2, -0.15) is 15.4 Å². The first kappa shape index (κ1) is 22.0. The maximum atomic E-state index is 14.0. The molecule has 0 amide bonds. The molecular weight excluding hydrogens is 393 g/mol. The van der Waals surface area contributed by atoms with Gasteiger partial charge in [-0.25, -0.2) is 13.2 Å². The predicted octanol–water partition coefficient (Wildman–Crippen LogP) is 4.71. The smallest absolute Gasteiger partial charge is 0.135 e. The molecule has 2 heterocycles. The molecular formula is C22H25F3N4O. The van der Waals surface area contributed by atoms with Crippen molar-refractivity contribution in [1.82, 2.24) is 20.3 Å². The van der Waals surface area contributed by atoms with E-state index in [1.807, 2.05) is 13.8 Å². The number of nitrogens with zero attached hydrogens (tertiary/aromatic N) is 3. The fourth-order valence-corrected chi connectivity index (χ4v) is 3.37. The molecule has 3 aromatic rings. The van der Waals surface area contributed by atoms with Crippen LogP contribution in [0.3, 0.4) is 0 Å². The highest BCUT2D eigenvalue weighted by molar-refractivity contribution is 5.61. The summed E-state index contributed by atoms with van der Waals surface area (Å²) in [7, 11) is 0. The van der Waals surface area contributed by atoms with Crippen LogP contribution >= 0.6 is 0 Å². The Balaban J connectivity index is 0.00000124. The Bertz CT molecular complexity index is 946. The first-order valence-corrected chi connectivity index (χ1v) is 10.0. The van der Waals surface area contributed by atoms with Gasteiger partial charge in [0.2, 0.25) is 0 Å². The van der Waals surface area contributed by atoms with Crippen molar-refractivity contribution in [1.29, 1.82) is 0 Å². The third-order valence-corrected chi connectivity index (χ3v) is 4.81. The Morgan fingerprint density at radius 1 is 1.03 bits per heavy atom. The minimum absolute atomic E-state index is 0.0167. The molecule has 4 rings (SSSR count).